The molecule has 0 aromatic heterocycles. The summed E-state index contributed by atoms with van der Waals surface area (Å²) in [7, 11) is 0. The summed E-state index contributed by atoms with van der Waals surface area (Å²) in [5.41, 5.74) is 1.70. The molecule has 0 amide bonds. The maximum absolute atomic E-state index is 5.84. The second-order valence-electron chi connectivity index (χ2n) is 5.52. The molecule has 1 aliphatic rings. The first-order valence-corrected chi connectivity index (χ1v) is 7.79. The SMILES string of the molecule is CC1(C)OC[C@H](COC/C(CCl)=N/OCc2ccccc2)O1. The lowest BCUT2D eigenvalue weighted by molar-refractivity contribution is -0.144. The van der Waals surface area contributed by atoms with Gasteiger partial charge in [0, 0.05) is 0 Å². The van der Waals surface area contributed by atoms with E-state index in [9.17, 15) is 0 Å². The molecule has 0 unspecified atom stereocenters. The summed E-state index contributed by atoms with van der Waals surface area (Å²) >= 11 is 5.84. The predicted octanol–water partition coefficient (Wildman–Crippen LogP) is 2.97. The molecular formula is C16H22ClNO4. The van der Waals surface area contributed by atoms with E-state index < -0.39 is 5.79 Å². The highest BCUT2D eigenvalue weighted by Gasteiger charge is 2.32. The van der Waals surface area contributed by atoms with Gasteiger partial charge >= 0.3 is 0 Å². The summed E-state index contributed by atoms with van der Waals surface area (Å²) in [6.07, 6.45) is -0.0585. The maximum Gasteiger partial charge on any atom is 0.163 e. The van der Waals surface area contributed by atoms with Crippen LogP contribution >= 0.6 is 11.6 Å². The highest BCUT2D eigenvalue weighted by Crippen LogP contribution is 2.22. The molecule has 1 aromatic carbocycles. The Hall–Kier alpha value is -1.14. The van der Waals surface area contributed by atoms with Gasteiger partial charge in [0.05, 0.1) is 31.4 Å². The number of nitrogens with zero attached hydrogens (tertiary/aromatic N) is 1. The number of halogens is 1. The minimum absolute atomic E-state index is 0.0585. The lowest BCUT2D eigenvalue weighted by Crippen LogP contribution is -2.25. The van der Waals surface area contributed by atoms with E-state index >= 15 is 0 Å². The van der Waals surface area contributed by atoms with Gasteiger partial charge in [-0.25, -0.2) is 0 Å². The van der Waals surface area contributed by atoms with Gasteiger partial charge < -0.3 is 19.0 Å². The van der Waals surface area contributed by atoms with Gasteiger partial charge in [-0.05, 0) is 19.4 Å². The average Bonchev–Trinajstić information content (AvgIpc) is 2.86. The molecule has 0 N–H and O–H groups in total. The Morgan fingerprint density at radius 1 is 1.36 bits per heavy atom. The van der Waals surface area contributed by atoms with E-state index in [4.69, 9.17) is 30.6 Å². The van der Waals surface area contributed by atoms with E-state index in [1.807, 2.05) is 44.2 Å². The zero-order chi connectivity index (χ0) is 15.8. The van der Waals surface area contributed by atoms with E-state index in [-0.39, 0.29) is 12.0 Å². The van der Waals surface area contributed by atoms with Gasteiger partial charge in [-0.15, -0.1) is 11.6 Å². The molecule has 1 atom stereocenters. The number of alkyl halides is 1. The summed E-state index contributed by atoms with van der Waals surface area (Å²) < 4.78 is 16.7. The molecule has 5 nitrogen and oxygen atoms in total. The number of ether oxygens (including phenoxy) is 3. The third-order valence-electron chi connectivity index (χ3n) is 3.06. The van der Waals surface area contributed by atoms with Gasteiger partial charge in [-0.2, -0.15) is 0 Å². The fraction of sp³-hybridized carbons (Fsp3) is 0.562. The van der Waals surface area contributed by atoms with Crippen molar-refractivity contribution in [2.75, 3.05) is 25.7 Å². The minimum Gasteiger partial charge on any atom is -0.391 e. The molecular weight excluding hydrogens is 306 g/mol. The van der Waals surface area contributed by atoms with Crippen molar-refractivity contribution in [3.63, 3.8) is 0 Å². The lowest BCUT2D eigenvalue weighted by atomic mass is 10.2. The first-order chi connectivity index (χ1) is 10.6. The average molecular weight is 328 g/mol. The smallest absolute Gasteiger partial charge is 0.163 e. The number of rotatable bonds is 8. The van der Waals surface area contributed by atoms with Crippen molar-refractivity contribution in [3.05, 3.63) is 35.9 Å². The molecule has 2 rings (SSSR count). The van der Waals surface area contributed by atoms with Gasteiger partial charge in [0.1, 0.15) is 12.7 Å². The Morgan fingerprint density at radius 3 is 2.77 bits per heavy atom. The Labute approximate surface area is 136 Å². The molecule has 0 aliphatic carbocycles. The highest BCUT2D eigenvalue weighted by molar-refractivity contribution is 6.28. The van der Waals surface area contributed by atoms with Crippen molar-refractivity contribution in [1.29, 1.82) is 0 Å². The van der Waals surface area contributed by atoms with Gasteiger partial charge in [-0.3, -0.25) is 0 Å². The molecule has 1 heterocycles. The van der Waals surface area contributed by atoms with Gasteiger partial charge in [-0.1, -0.05) is 35.5 Å². The monoisotopic (exact) mass is 327 g/mol. The molecule has 1 aliphatic heterocycles. The van der Waals surface area contributed by atoms with E-state index in [0.29, 0.717) is 32.1 Å². The quantitative estimate of drug-likeness (QED) is 0.418. The Bertz CT molecular complexity index is 478. The van der Waals surface area contributed by atoms with E-state index in [1.165, 1.54) is 0 Å². The largest absolute Gasteiger partial charge is 0.391 e. The van der Waals surface area contributed by atoms with Crippen molar-refractivity contribution >= 4 is 17.3 Å². The molecule has 1 saturated heterocycles. The standard InChI is InChI=1S/C16H22ClNO4/c1-16(2)20-12-15(22-16)11-19-10-14(8-17)18-21-9-13-6-4-3-5-7-13/h3-7,15H,8-12H2,1-2H3/b18-14+/t15-/m0/s1. The van der Waals surface area contributed by atoms with Crippen LogP contribution in [0.4, 0.5) is 0 Å². The second-order valence-corrected chi connectivity index (χ2v) is 5.78. The van der Waals surface area contributed by atoms with E-state index in [2.05, 4.69) is 5.16 Å². The fourth-order valence-electron chi connectivity index (χ4n) is 2.02. The second kappa shape index (κ2) is 8.48. The van der Waals surface area contributed by atoms with Gasteiger partial charge in [0.15, 0.2) is 5.79 Å². The summed E-state index contributed by atoms with van der Waals surface area (Å²) in [6.45, 7) is 5.47. The van der Waals surface area contributed by atoms with Crippen LogP contribution in [0.5, 0.6) is 0 Å². The summed E-state index contributed by atoms with van der Waals surface area (Å²) in [5.74, 6) is -0.265. The van der Waals surface area contributed by atoms with Crippen LogP contribution in [-0.4, -0.2) is 43.3 Å². The Balaban J connectivity index is 1.67. The van der Waals surface area contributed by atoms with Crippen molar-refractivity contribution < 1.29 is 19.0 Å². The van der Waals surface area contributed by atoms with Crippen molar-refractivity contribution in [1.82, 2.24) is 0 Å². The summed E-state index contributed by atoms with van der Waals surface area (Å²) in [6, 6.07) is 9.83. The number of benzene rings is 1. The number of oxime groups is 1. The van der Waals surface area contributed by atoms with Crippen LogP contribution < -0.4 is 0 Å². The highest BCUT2D eigenvalue weighted by atomic mass is 35.5. The molecule has 0 spiro atoms. The molecule has 0 saturated carbocycles. The lowest BCUT2D eigenvalue weighted by Gasteiger charge is -2.17. The topological polar surface area (TPSA) is 49.3 Å². The maximum atomic E-state index is 5.84. The minimum atomic E-state index is -0.532. The molecule has 122 valence electrons. The van der Waals surface area contributed by atoms with Crippen molar-refractivity contribution in [2.24, 2.45) is 5.16 Å². The van der Waals surface area contributed by atoms with Crippen molar-refractivity contribution in [3.8, 4) is 0 Å². The molecule has 6 heteroatoms. The molecule has 0 bridgehead atoms. The molecule has 1 aromatic rings. The zero-order valence-electron chi connectivity index (χ0n) is 13.0. The fourth-order valence-corrected chi connectivity index (χ4v) is 2.14. The van der Waals surface area contributed by atoms with Crippen LogP contribution in [0.15, 0.2) is 35.5 Å². The van der Waals surface area contributed by atoms with Crippen LogP contribution in [0.1, 0.15) is 19.4 Å². The summed E-state index contributed by atoms with van der Waals surface area (Å²) in [5, 5.41) is 4.02. The first-order valence-electron chi connectivity index (χ1n) is 7.26. The zero-order valence-corrected chi connectivity index (χ0v) is 13.7. The molecule has 22 heavy (non-hydrogen) atoms. The first kappa shape index (κ1) is 17.2. The van der Waals surface area contributed by atoms with Crippen LogP contribution in [0.3, 0.4) is 0 Å². The van der Waals surface area contributed by atoms with Crippen LogP contribution in [0.25, 0.3) is 0 Å². The van der Waals surface area contributed by atoms with E-state index in [0.717, 1.165) is 5.56 Å². The number of hydrogen-bond donors (Lipinski definition) is 0. The predicted molar refractivity (Wildman–Crippen MR) is 85.1 cm³/mol. The Kier molecular flexibility index (Phi) is 6.64. The third-order valence-corrected chi connectivity index (χ3v) is 3.37. The van der Waals surface area contributed by atoms with Crippen molar-refractivity contribution in [2.45, 2.75) is 32.3 Å². The summed E-state index contributed by atoms with van der Waals surface area (Å²) in [4.78, 5) is 5.30. The van der Waals surface area contributed by atoms with Gasteiger partial charge in [0.2, 0.25) is 0 Å². The third kappa shape index (κ3) is 5.93. The van der Waals surface area contributed by atoms with Gasteiger partial charge in [0.25, 0.3) is 0 Å². The van der Waals surface area contributed by atoms with Crippen LogP contribution in [0.2, 0.25) is 0 Å². The van der Waals surface area contributed by atoms with Crippen LogP contribution in [0, 0.1) is 0 Å². The Morgan fingerprint density at radius 2 is 2.14 bits per heavy atom. The van der Waals surface area contributed by atoms with E-state index in [1.54, 1.807) is 0 Å². The number of hydrogen-bond acceptors (Lipinski definition) is 5. The van der Waals surface area contributed by atoms with Crippen LogP contribution in [-0.2, 0) is 25.7 Å². The molecule has 0 radical (unpaired) electrons. The normalized spacial score (nSPS) is 21.0. The molecule has 1 fully saturated rings.